The zero-order chi connectivity index (χ0) is 21.5. The Balaban J connectivity index is 0.000000239. The van der Waals surface area contributed by atoms with Gasteiger partial charge in [0.25, 0.3) is 0 Å². The Morgan fingerprint density at radius 2 is 1.90 bits per heavy atom. The summed E-state index contributed by atoms with van der Waals surface area (Å²) in [7, 11) is 3.59. The van der Waals surface area contributed by atoms with Crippen LogP contribution in [0, 0.1) is 6.92 Å². The summed E-state index contributed by atoms with van der Waals surface area (Å²) < 4.78 is 4.95. The third-order valence-electron chi connectivity index (χ3n) is 4.59. The predicted octanol–water partition coefficient (Wildman–Crippen LogP) is 6.58. The first-order chi connectivity index (χ1) is 14.5. The second-order valence-corrected chi connectivity index (χ2v) is 7.84. The van der Waals surface area contributed by atoms with Crippen LogP contribution < -0.4 is 15.4 Å². The highest BCUT2D eigenvalue weighted by atomic mass is 35.5. The molecule has 4 rings (SSSR count). The summed E-state index contributed by atoms with van der Waals surface area (Å²) in [5.74, 6) is 0.850. The molecular weight excluding hydrogens is 414 g/mol. The highest BCUT2D eigenvalue weighted by molar-refractivity contribution is 7.80. The van der Waals surface area contributed by atoms with Crippen molar-refractivity contribution in [2.24, 2.45) is 0 Å². The summed E-state index contributed by atoms with van der Waals surface area (Å²) in [6.45, 7) is 2.89. The van der Waals surface area contributed by atoms with E-state index in [1.54, 1.807) is 7.11 Å². The molecule has 0 radical (unpaired) electrons. The molecule has 0 amide bonds. The lowest BCUT2D eigenvalue weighted by molar-refractivity contribution is 0.413. The third kappa shape index (κ3) is 5.72. The van der Waals surface area contributed by atoms with Gasteiger partial charge in [0.1, 0.15) is 5.75 Å². The molecule has 0 aliphatic carbocycles. The van der Waals surface area contributed by atoms with Gasteiger partial charge in [-0.2, -0.15) is 0 Å². The fourth-order valence-electron chi connectivity index (χ4n) is 3.09. The molecule has 3 N–H and O–H groups in total. The number of H-pyrrole nitrogens is 1. The number of hydrogen-bond donors (Lipinski definition) is 4. The molecule has 0 atom stereocenters. The smallest absolute Gasteiger partial charge is 0.119 e. The molecule has 0 fully saturated rings. The minimum absolute atomic E-state index is 0.734. The Hall–Kier alpha value is -2.60. The maximum atomic E-state index is 6.26. The number of ether oxygens (including phenoxy) is 1. The van der Waals surface area contributed by atoms with Gasteiger partial charge in [-0.1, -0.05) is 29.8 Å². The lowest BCUT2D eigenvalue weighted by atomic mass is 10.1. The molecule has 156 valence electrons. The maximum absolute atomic E-state index is 6.26. The number of halogens is 1. The number of aromatic nitrogens is 1. The van der Waals surface area contributed by atoms with Crippen molar-refractivity contribution < 1.29 is 4.74 Å². The van der Waals surface area contributed by atoms with E-state index in [-0.39, 0.29) is 0 Å². The van der Waals surface area contributed by atoms with Crippen molar-refractivity contribution in [1.29, 1.82) is 0 Å². The number of aromatic amines is 1. The van der Waals surface area contributed by atoms with Gasteiger partial charge in [0.15, 0.2) is 0 Å². The summed E-state index contributed by atoms with van der Waals surface area (Å²) >= 11 is 10.4. The summed E-state index contributed by atoms with van der Waals surface area (Å²) in [5, 5.41) is 8.52. The first-order valence-electron chi connectivity index (χ1n) is 9.61. The topological polar surface area (TPSA) is 49.1 Å². The molecule has 4 nitrogen and oxygen atoms in total. The van der Waals surface area contributed by atoms with Gasteiger partial charge in [-0.15, -0.1) is 12.6 Å². The van der Waals surface area contributed by atoms with Crippen LogP contribution in [0.2, 0.25) is 5.02 Å². The van der Waals surface area contributed by atoms with E-state index in [2.05, 4.69) is 46.4 Å². The molecule has 0 saturated carbocycles. The van der Waals surface area contributed by atoms with Crippen LogP contribution in [0.25, 0.3) is 10.9 Å². The molecule has 0 saturated heterocycles. The largest absolute Gasteiger partial charge is 0.497 e. The van der Waals surface area contributed by atoms with Gasteiger partial charge in [0.05, 0.1) is 17.8 Å². The number of nitrogens with one attached hydrogen (secondary N) is 3. The van der Waals surface area contributed by atoms with Gasteiger partial charge in [-0.25, -0.2) is 0 Å². The lowest BCUT2D eigenvalue weighted by Crippen LogP contribution is -2.03. The van der Waals surface area contributed by atoms with E-state index in [9.17, 15) is 0 Å². The Morgan fingerprint density at radius 3 is 2.57 bits per heavy atom. The van der Waals surface area contributed by atoms with Gasteiger partial charge < -0.3 is 20.4 Å². The van der Waals surface area contributed by atoms with Crippen molar-refractivity contribution >= 4 is 46.5 Å². The molecule has 0 aliphatic rings. The Labute approximate surface area is 188 Å². The fourth-order valence-corrected chi connectivity index (χ4v) is 3.58. The first-order valence-corrected chi connectivity index (χ1v) is 10.4. The van der Waals surface area contributed by atoms with Crippen molar-refractivity contribution in [2.75, 3.05) is 19.5 Å². The van der Waals surface area contributed by atoms with E-state index in [0.717, 1.165) is 44.7 Å². The van der Waals surface area contributed by atoms with Crippen molar-refractivity contribution in [1.82, 2.24) is 10.3 Å². The van der Waals surface area contributed by atoms with Crippen LogP contribution in [0.5, 0.6) is 5.75 Å². The van der Waals surface area contributed by atoms with Crippen LogP contribution in [0.4, 0.5) is 11.4 Å². The van der Waals surface area contributed by atoms with Gasteiger partial charge in [-0.3, -0.25) is 0 Å². The Morgan fingerprint density at radius 1 is 1.07 bits per heavy atom. The molecule has 4 aromatic rings. The van der Waals surface area contributed by atoms with E-state index in [1.165, 1.54) is 10.9 Å². The lowest BCUT2D eigenvalue weighted by Gasteiger charge is -2.09. The van der Waals surface area contributed by atoms with Gasteiger partial charge >= 0.3 is 0 Å². The molecule has 0 spiro atoms. The molecule has 0 unspecified atom stereocenters. The molecule has 6 heteroatoms. The number of benzene rings is 3. The number of fused-ring (bicyclic) bond motifs is 1. The summed E-state index contributed by atoms with van der Waals surface area (Å²) in [5.41, 5.74) is 5.48. The Bertz CT molecular complexity index is 1130. The normalized spacial score (nSPS) is 10.4. The second-order valence-electron chi connectivity index (χ2n) is 6.91. The highest BCUT2D eigenvalue weighted by Gasteiger charge is 2.05. The zero-order valence-corrected chi connectivity index (χ0v) is 18.9. The number of aryl methyl sites for hydroxylation is 1. The SMILES string of the molecule is CNCc1c[nH]c2cc(Nc3ccc(C)cc3Cl)ccc12.COc1cccc(S)c1. The summed E-state index contributed by atoms with van der Waals surface area (Å²) in [6.07, 6.45) is 2.05. The first kappa shape index (κ1) is 22.1. The second kappa shape index (κ2) is 10.4. The van der Waals surface area contributed by atoms with Gasteiger partial charge in [0.2, 0.25) is 0 Å². The van der Waals surface area contributed by atoms with Crippen LogP contribution >= 0.6 is 24.2 Å². The number of rotatable bonds is 5. The number of hydrogen-bond acceptors (Lipinski definition) is 4. The molecule has 3 aromatic carbocycles. The third-order valence-corrected chi connectivity index (χ3v) is 5.18. The molecule has 0 aliphatic heterocycles. The molecule has 0 bridgehead atoms. The van der Waals surface area contributed by atoms with E-state index in [1.807, 2.05) is 62.6 Å². The predicted molar refractivity (Wildman–Crippen MR) is 131 cm³/mol. The van der Waals surface area contributed by atoms with Crippen molar-refractivity contribution in [3.8, 4) is 5.75 Å². The van der Waals surface area contributed by atoms with E-state index in [4.69, 9.17) is 16.3 Å². The summed E-state index contributed by atoms with van der Waals surface area (Å²) in [4.78, 5) is 4.24. The van der Waals surface area contributed by atoms with Crippen molar-refractivity contribution in [2.45, 2.75) is 18.4 Å². The van der Waals surface area contributed by atoms with Gasteiger partial charge in [0, 0.05) is 34.2 Å². The standard InChI is InChI=1S/C17H18ClN3.C7H8OS/c1-11-3-6-16(15(18)7-11)21-13-4-5-14-12(9-19-2)10-20-17(14)8-13;1-8-6-3-2-4-7(9)5-6/h3-8,10,19-21H,9H2,1-2H3;2-5,9H,1H3. The minimum Gasteiger partial charge on any atom is -0.497 e. The van der Waals surface area contributed by atoms with E-state index >= 15 is 0 Å². The molecule has 1 aromatic heterocycles. The van der Waals surface area contributed by atoms with Crippen LogP contribution in [0.15, 0.2) is 71.8 Å². The average molecular weight is 440 g/mol. The Kier molecular flexibility index (Phi) is 7.69. The highest BCUT2D eigenvalue weighted by Crippen LogP contribution is 2.28. The minimum atomic E-state index is 0.734. The van der Waals surface area contributed by atoms with Crippen molar-refractivity contribution in [3.63, 3.8) is 0 Å². The van der Waals surface area contributed by atoms with Crippen LogP contribution in [-0.2, 0) is 6.54 Å². The zero-order valence-electron chi connectivity index (χ0n) is 17.3. The number of anilines is 2. The number of thiol groups is 1. The molecule has 30 heavy (non-hydrogen) atoms. The van der Waals surface area contributed by atoms with Crippen LogP contribution in [0.1, 0.15) is 11.1 Å². The number of methoxy groups -OCH3 is 1. The van der Waals surface area contributed by atoms with Crippen LogP contribution in [-0.4, -0.2) is 19.1 Å². The molecule has 1 heterocycles. The van der Waals surface area contributed by atoms with Gasteiger partial charge in [-0.05, 0) is 67.6 Å². The quantitative estimate of drug-likeness (QED) is 0.266. The fraction of sp³-hybridized carbons (Fsp3) is 0.167. The monoisotopic (exact) mass is 439 g/mol. The van der Waals surface area contributed by atoms with E-state index in [0.29, 0.717) is 0 Å². The molecular formula is C24H26ClN3OS. The van der Waals surface area contributed by atoms with E-state index < -0.39 is 0 Å². The summed E-state index contributed by atoms with van der Waals surface area (Å²) in [6, 6.07) is 19.9. The average Bonchev–Trinajstić information content (AvgIpc) is 3.13. The maximum Gasteiger partial charge on any atom is 0.119 e. The van der Waals surface area contributed by atoms with Crippen molar-refractivity contribution in [3.05, 3.63) is 83.0 Å². The van der Waals surface area contributed by atoms with Crippen LogP contribution in [0.3, 0.4) is 0 Å².